The van der Waals surface area contributed by atoms with Gasteiger partial charge < -0.3 is 44.6 Å². The molecule has 48 heavy (non-hydrogen) atoms. The molecule has 12 nitrogen and oxygen atoms in total. The normalized spacial score (nSPS) is 12.1. The minimum atomic E-state index is -0.717. The van der Waals surface area contributed by atoms with Crippen LogP contribution in [0, 0.1) is 0 Å². The molecule has 0 unspecified atom stereocenters. The molecule has 0 fully saturated rings. The molecule has 0 spiro atoms. The van der Waals surface area contributed by atoms with Crippen molar-refractivity contribution in [2.45, 2.75) is 99.1 Å². The lowest BCUT2D eigenvalue weighted by Crippen LogP contribution is -2.28. The minimum absolute atomic E-state index is 0.0982. The third kappa shape index (κ3) is 10.6. The highest BCUT2D eigenvalue weighted by Crippen LogP contribution is 2.43. The number of benzene rings is 3. The summed E-state index contributed by atoms with van der Waals surface area (Å²) in [4.78, 5) is 37.6. The van der Waals surface area contributed by atoms with E-state index in [0.717, 1.165) is 10.9 Å². The summed E-state index contributed by atoms with van der Waals surface area (Å²) in [7, 11) is 0. The van der Waals surface area contributed by atoms with Crippen molar-refractivity contribution in [3.8, 4) is 23.0 Å². The highest BCUT2D eigenvalue weighted by atomic mass is 16.6. The first-order valence-corrected chi connectivity index (χ1v) is 15.9. The Kier molecular flexibility index (Phi) is 12.2. The molecular formula is C36H50N2O10. The average molecular weight is 671 g/mol. The lowest BCUT2D eigenvalue weighted by Gasteiger charge is -2.23. The van der Waals surface area contributed by atoms with Gasteiger partial charge in [-0.05, 0) is 126 Å². The van der Waals surface area contributed by atoms with Crippen LogP contribution in [0.25, 0.3) is 21.5 Å². The maximum Gasteiger partial charge on any atom is 0.344 e. The summed E-state index contributed by atoms with van der Waals surface area (Å²) in [6.45, 7) is 17.1. The molecule has 0 atom stereocenters. The van der Waals surface area contributed by atoms with Crippen molar-refractivity contribution >= 4 is 39.5 Å². The van der Waals surface area contributed by atoms with Gasteiger partial charge in [-0.15, -0.1) is 0 Å². The van der Waals surface area contributed by atoms with E-state index < -0.39 is 47.9 Å². The minimum Gasteiger partial charge on any atom is -0.490 e. The molecule has 12 heteroatoms. The fraction of sp³-hybridized carbons (Fsp3) is 0.528. The van der Waals surface area contributed by atoms with Crippen LogP contribution in [0.4, 0.5) is 0 Å². The van der Waals surface area contributed by atoms with E-state index in [1.807, 2.05) is 6.92 Å². The Hall–Kier alpha value is -4.29. The van der Waals surface area contributed by atoms with Crippen LogP contribution in [-0.4, -0.2) is 61.1 Å². The van der Waals surface area contributed by atoms with Gasteiger partial charge in [0.2, 0.25) is 0 Å². The maximum absolute atomic E-state index is 12.6. The highest BCUT2D eigenvalue weighted by Gasteiger charge is 2.24. The predicted molar refractivity (Wildman–Crippen MR) is 182 cm³/mol. The van der Waals surface area contributed by atoms with E-state index in [-0.39, 0.29) is 31.2 Å². The Morgan fingerprint density at radius 3 is 0.958 bits per heavy atom. The Morgan fingerprint density at radius 1 is 0.500 bits per heavy atom. The van der Waals surface area contributed by atoms with Gasteiger partial charge in [-0.25, -0.2) is 14.4 Å². The number of carbonyl (C=O) groups excluding carboxylic acids is 3. The predicted octanol–water partition coefficient (Wildman–Crippen LogP) is 5.47. The van der Waals surface area contributed by atoms with Crippen LogP contribution in [-0.2, 0) is 41.7 Å². The fourth-order valence-corrected chi connectivity index (χ4v) is 4.98. The third-order valence-electron chi connectivity index (χ3n) is 6.47. The first-order chi connectivity index (χ1) is 22.2. The van der Waals surface area contributed by atoms with Crippen molar-refractivity contribution in [3.63, 3.8) is 0 Å². The summed E-state index contributed by atoms with van der Waals surface area (Å²) in [5.74, 6) is -0.596. The SMILES string of the molecule is CCOc1cc2c(CN)c3cc(OCC(=O)OC(C)(C)C)c(OCC(=O)OC(C)(C)C)cc3c(CN)c2cc1OCC(=O)OC(C)(C)C. The summed E-state index contributed by atoms with van der Waals surface area (Å²) in [5.41, 5.74) is 12.1. The van der Waals surface area contributed by atoms with Crippen LogP contribution in [0.2, 0.25) is 0 Å². The third-order valence-corrected chi connectivity index (χ3v) is 6.47. The standard InChI is InChI=1S/C36H50N2O10/c1-11-42-27-12-21-22(13-28(27)43-18-31(39)46-34(2,3)4)26(17-38)24-15-30(45-20-33(41)48-36(8,9)10)29(14-23(24)25(21)16-37)44-19-32(40)47-35(5,6)7/h12-15H,11,16-20,37-38H2,1-10H3. The molecule has 0 saturated heterocycles. The van der Waals surface area contributed by atoms with Gasteiger partial charge >= 0.3 is 17.9 Å². The maximum atomic E-state index is 12.6. The van der Waals surface area contributed by atoms with E-state index in [0.29, 0.717) is 39.8 Å². The van der Waals surface area contributed by atoms with Crippen LogP contribution in [0.3, 0.4) is 0 Å². The molecule has 264 valence electrons. The number of esters is 3. The van der Waals surface area contributed by atoms with Crippen LogP contribution < -0.4 is 30.4 Å². The number of nitrogens with two attached hydrogens (primary N) is 2. The molecule has 0 aliphatic rings. The van der Waals surface area contributed by atoms with Crippen molar-refractivity contribution in [3.05, 3.63) is 35.4 Å². The molecule has 4 N–H and O–H groups in total. The Balaban J connectivity index is 2.21. The van der Waals surface area contributed by atoms with Gasteiger partial charge in [0, 0.05) is 13.1 Å². The van der Waals surface area contributed by atoms with Crippen molar-refractivity contribution in [2.24, 2.45) is 11.5 Å². The summed E-state index contributed by atoms with van der Waals surface area (Å²) in [6, 6.07) is 6.97. The topological polar surface area (TPSA) is 168 Å². The van der Waals surface area contributed by atoms with E-state index in [9.17, 15) is 14.4 Å². The Bertz CT molecular complexity index is 1650. The second-order valence-corrected chi connectivity index (χ2v) is 14.1. The van der Waals surface area contributed by atoms with Gasteiger partial charge in [0.05, 0.1) is 6.61 Å². The van der Waals surface area contributed by atoms with Crippen LogP contribution in [0.15, 0.2) is 24.3 Å². The first-order valence-electron chi connectivity index (χ1n) is 15.9. The first kappa shape index (κ1) is 38.2. The molecular weight excluding hydrogens is 620 g/mol. The highest BCUT2D eigenvalue weighted by molar-refractivity contribution is 6.08. The van der Waals surface area contributed by atoms with Gasteiger partial charge in [-0.2, -0.15) is 0 Å². The lowest BCUT2D eigenvalue weighted by molar-refractivity contribution is -0.158. The number of ether oxygens (including phenoxy) is 7. The van der Waals surface area contributed by atoms with Gasteiger partial charge in [0.15, 0.2) is 42.8 Å². The van der Waals surface area contributed by atoms with E-state index in [2.05, 4.69) is 0 Å². The lowest BCUT2D eigenvalue weighted by atomic mass is 9.90. The molecule has 0 heterocycles. The molecule has 0 radical (unpaired) electrons. The number of hydrogen-bond acceptors (Lipinski definition) is 12. The summed E-state index contributed by atoms with van der Waals surface area (Å²) < 4.78 is 39.9. The molecule has 0 aliphatic heterocycles. The van der Waals surface area contributed by atoms with Gasteiger partial charge in [-0.3, -0.25) is 0 Å². The summed E-state index contributed by atoms with van der Waals surface area (Å²) in [6.07, 6.45) is 0. The number of hydrogen-bond donors (Lipinski definition) is 2. The summed E-state index contributed by atoms with van der Waals surface area (Å²) in [5, 5.41) is 2.84. The van der Waals surface area contributed by atoms with E-state index in [4.69, 9.17) is 44.6 Å². The number of fused-ring (bicyclic) bond motifs is 2. The molecule has 0 aromatic heterocycles. The quantitative estimate of drug-likeness (QED) is 0.134. The number of rotatable bonds is 13. The second kappa shape index (κ2) is 15.3. The van der Waals surface area contributed by atoms with Crippen molar-refractivity contribution in [1.82, 2.24) is 0 Å². The Morgan fingerprint density at radius 2 is 0.750 bits per heavy atom. The van der Waals surface area contributed by atoms with Crippen molar-refractivity contribution < 1.29 is 47.5 Å². The second-order valence-electron chi connectivity index (χ2n) is 14.1. The van der Waals surface area contributed by atoms with Gasteiger partial charge in [0.25, 0.3) is 0 Å². The van der Waals surface area contributed by atoms with Gasteiger partial charge in [-0.1, -0.05) is 0 Å². The zero-order valence-electron chi connectivity index (χ0n) is 29.8. The van der Waals surface area contributed by atoms with E-state index in [1.54, 1.807) is 86.6 Å². The molecule has 0 saturated carbocycles. The number of carbonyl (C=O) groups is 3. The van der Waals surface area contributed by atoms with Crippen LogP contribution in [0.5, 0.6) is 23.0 Å². The van der Waals surface area contributed by atoms with Crippen LogP contribution in [0.1, 0.15) is 80.4 Å². The fourth-order valence-electron chi connectivity index (χ4n) is 4.98. The molecule has 0 amide bonds. The van der Waals surface area contributed by atoms with Gasteiger partial charge in [0.1, 0.15) is 16.8 Å². The molecule has 0 bridgehead atoms. The van der Waals surface area contributed by atoms with Crippen LogP contribution >= 0.6 is 0 Å². The van der Waals surface area contributed by atoms with Crippen molar-refractivity contribution in [1.29, 1.82) is 0 Å². The molecule has 3 rings (SSSR count). The largest absolute Gasteiger partial charge is 0.490 e. The van der Waals surface area contributed by atoms with E-state index >= 15 is 0 Å². The monoisotopic (exact) mass is 670 g/mol. The molecule has 3 aromatic rings. The van der Waals surface area contributed by atoms with Crippen molar-refractivity contribution in [2.75, 3.05) is 26.4 Å². The molecule has 3 aromatic carbocycles. The summed E-state index contributed by atoms with van der Waals surface area (Å²) >= 11 is 0. The molecule has 0 aliphatic carbocycles. The average Bonchev–Trinajstić information content (AvgIpc) is 2.94. The van der Waals surface area contributed by atoms with E-state index in [1.165, 1.54) is 0 Å². The smallest absolute Gasteiger partial charge is 0.344 e. The Labute approximate surface area is 282 Å². The zero-order valence-corrected chi connectivity index (χ0v) is 29.8. The zero-order chi connectivity index (χ0) is 36.0.